The lowest BCUT2D eigenvalue weighted by Crippen LogP contribution is -2.20. The number of nitrogens with zero attached hydrogens (tertiary/aromatic N) is 2. The smallest absolute Gasteiger partial charge is 0.124 e. The standard InChI is InChI=1S/C16H22FN3O/c1-13(2)11-18-12-14-10-15(17)4-5-16(14)21-9-8-20-7-3-6-19-20/h3-7,10,13,18H,8-9,11-12H2,1-2H3. The molecule has 0 bridgehead atoms. The highest BCUT2D eigenvalue weighted by molar-refractivity contribution is 5.33. The number of aromatic nitrogens is 2. The van der Waals surface area contributed by atoms with Crippen LogP contribution >= 0.6 is 0 Å². The minimum atomic E-state index is -0.240. The Morgan fingerprint density at radius 3 is 2.95 bits per heavy atom. The van der Waals surface area contributed by atoms with Crippen molar-refractivity contribution in [3.8, 4) is 5.75 Å². The van der Waals surface area contributed by atoms with Crippen molar-refractivity contribution in [2.24, 2.45) is 5.92 Å². The number of hydrogen-bond acceptors (Lipinski definition) is 3. The number of ether oxygens (including phenoxy) is 1. The van der Waals surface area contributed by atoms with Crippen molar-refractivity contribution in [3.63, 3.8) is 0 Å². The van der Waals surface area contributed by atoms with Gasteiger partial charge < -0.3 is 10.1 Å². The largest absolute Gasteiger partial charge is 0.491 e. The second-order valence-electron chi connectivity index (χ2n) is 5.39. The average molecular weight is 291 g/mol. The predicted molar refractivity (Wildman–Crippen MR) is 80.7 cm³/mol. The zero-order valence-corrected chi connectivity index (χ0v) is 12.6. The molecular formula is C16H22FN3O. The van der Waals surface area contributed by atoms with Gasteiger partial charge in [0.05, 0.1) is 6.54 Å². The van der Waals surface area contributed by atoms with E-state index >= 15 is 0 Å². The van der Waals surface area contributed by atoms with Crippen molar-refractivity contribution in [1.82, 2.24) is 15.1 Å². The molecule has 1 aromatic heterocycles. The van der Waals surface area contributed by atoms with E-state index in [1.807, 2.05) is 12.3 Å². The van der Waals surface area contributed by atoms with E-state index in [1.54, 1.807) is 16.9 Å². The molecule has 0 radical (unpaired) electrons. The van der Waals surface area contributed by atoms with Gasteiger partial charge in [0.25, 0.3) is 0 Å². The zero-order valence-electron chi connectivity index (χ0n) is 12.6. The van der Waals surface area contributed by atoms with Gasteiger partial charge in [0.1, 0.15) is 18.2 Å². The normalized spacial score (nSPS) is 11.0. The summed E-state index contributed by atoms with van der Waals surface area (Å²) in [4.78, 5) is 0. The first-order chi connectivity index (χ1) is 10.1. The molecule has 0 aliphatic heterocycles. The summed E-state index contributed by atoms with van der Waals surface area (Å²) >= 11 is 0. The monoisotopic (exact) mass is 291 g/mol. The second-order valence-corrected chi connectivity index (χ2v) is 5.39. The first kappa shape index (κ1) is 15.5. The molecule has 0 spiro atoms. The van der Waals surface area contributed by atoms with E-state index in [-0.39, 0.29) is 5.82 Å². The highest BCUT2D eigenvalue weighted by Gasteiger charge is 2.06. The van der Waals surface area contributed by atoms with Crippen LogP contribution in [-0.4, -0.2) is 22.9 Å². The molecule has 0 unspecified atom stereocenters. The highest BCUT2D eigenvalue weighted by atomic mass is 19.1. The van der Waals surface area contributed by atoms with Crippen LogP contribution in [0.3, 0.4) is 0 Å². The molecule has 2 aromatic rings. The number of benzene rings is 1. The van der Waals surface area contributed by atoms with Crippen molar-refractivity contribution >= 4 is 0 Å². The molecule has 2 rings (SSSR count). The molecule has 0 saturated heterocycles. The fourth-order valence-electron chi connectivity index (χ4n) is 2.00. The SMILES string of the molecule is CC(C)CNCc1cc(F)ccc1OCCn1cccn1. The van der Waals surface area contributed by atoms with E-state index in [1.165, 1.54) is 12.1 Å². The molecule has 1 aromatic carbocycles. The Morgan fingerprint density at radius 2 is 2.24 bits per heavy atom. The Bertz CT molecular complexity index is 540. The van der Waals surface area contributed by atoms with Gasteiger partial charge in [-0.25, -0.2) is 4.39 Å². The van der Waals surface area contributed by atoms with E-state index < -0.39 is 0 Å². The summed E-state index contributed by atoms with van der Waals surface area (Å²) in [6.45, 7) is 6.95. The third kappa shape index (κ3) is 5.19. The molecule has 0 fully saturated rings. The van der Waals surface area contributed by atoms with Crippen LogP contribution in [0, 0.1) is 11.7 Å². The van der Waals surface area contributed by atoms with Gasteiger partial charge in [-0.05, 0) is 36.7 Å². The third-order valence-electron chi connectivity index (χ3n) is 3.03. The molecule has 1 heterocycles. The molecule has 0 amide bonds. The Labute approximate surface area is 124 Å². The lowest BCUT2D eigenvalue weighted by molar-refractivity contribution is 0.287. The van der Waals surface area contributed by atoms with Crippen molar-refractivity contribution in [3.05, 3.63) is 48.0 Å². The molecule has 0 aliphatic rings. The van der Waals surface area contributed by atoms with Crippen LogP contribution < -0.4 is 10.1 Å². The van der Waals surface area contributed by atoms with Crippen LogP contribution in [0.15, 0.2) is 36.7 Å². The van der Waals surface area contributed by atoms with Crippen LogP contribution in [0.2, 0.25) is 0 Å². The summed E-state index contributed by atoms with van der Waals surface area (Å²) in [6, 6.07) is 6.51. The molecular weight excluding hydrogens is 269 g/mol. The zero-order chi connectivity index (χ0) is 15.1. The predicted octanol–water partition coefficient (Wildman–Crippen LogP) is 2.85. The minimum Gasteiger partial charge on any atom is -0.491 e. The lowest BCUT2D eigenvalue weighted by Gasteiger charge is -2.13. The van der Waals surface area contributed by atoms with E-state index in [0.717, 1.165) is 17.9 Å². The van der Waals surface area contributed by atoms with Gasteiger partial charge in [-0.3, -0.25) is 4.68 Å². The third-order valence-corrected chi connectivity index (χ3v) is 3.03. The summed E-state index contributed by atoms with van der Waals surface area (Å²) < 4.78 is 20.9. The molecule has 114 valence electrons. The minimum absolute atomic E-state index is 0.240. The fourth-order valence-corrected chi connectivity index (χ4v) is 2.00. The number of hydrogen-bond donors (Lipinski definition) is 1. The van der Waals surface area contributed by atoms with Gasteiger partial charge in [-0.15, -0.1) is 0 Å². The van der Waals surface area contributed by atoms with Gasteiger partial charge in [-0.2, -0.15) is 5.10 Å². The Balaban J connectivity index is 1.90. The van der Waals surface area contributed by atoms with Crippen LogP contribution in [-0.2, 0) is 13.1 Å². The van der Waals surface area contributed by atoms with Crippen LogP contribution in [0.1, 0.15) is 19.4 Å². The summed E-state index contributed by atoms with van der Waals surface area (Å²) in [5, 5.41) is 7.43. The van der Waals surface area contributed by atoms with E-state index in [2.05, 4.69) is 24.3 Å². The summed E-state index contributed by atoms with van der Waals surface area (Å²) in [6.07, 6.45) is 3.62. The summed E-state index contributed by atoms with van der Waals surface area (Å²) in [7, 11) is 0. The van der Waals surface area contributed by atoms with Crippen molar-refractivity contribution in [2.75, 3.05) is 13.2 Å². The van der Waals surface area contributed by atoms with Crippen molar-refractivity contribution in [1.29, 1.82) is 0 Å². The van der Waals surface area contributed by atoms with Gasteiger partial charge >= 0.3 is 0 Å². The maximum atomic E-state index is 13.4. The quantitative estimate of drug-likeness (QED) is 0.813. The summed E-state index contributed by atoms with van der Waals surface area (Å²) in [5.41, 5.74) is 0.844. The topological polar surface area (TPSA) is 39.1 Å². The van der Waals surface area contributed by atoms with Crippen molar-refractivity contribution < 1.29 is 9.13 Å². The second kappa shape index (κ2) is 7.78. The molecule has 0 saturated carbocycles. The first-order valence-electron chi connectivity index (χ1n) is 7.24. The number of nitrogens with one attached hydrogen (secondary N) is 1. The maximum absolute atomic E-state index is 13.4. The average Bonchev–Trinajstić information content (AvgIpc) is 2.94. The van der Waals surface area contributed by atoms with Gasteiger partial charge in [-0.1, -0.05) is 13.8 Å². The fraction of sp³-hybridized carbons (Fsp3) is 0.438. The molecule has 4 nitrogen and oxygen atoms in total. The molecule has 21 heavy (non-hydrogen) atoms. The van der Waals surface area contributed by atoms with Crippen molar-refractivity contribution in [2.45, 2.75) is 26.9 Å². The summed E-state index contributed by atoms with van der Waals surface area (Å²) in [5.74, 6) is 1.04. The molecule has 5 heteroatoms. The van der Waals surface area contributed by atoms with Crippen LogP contribution in [0.5, 0.6) is 5.75 Å². The van der Waals surface area contributed by atoms with E-state index in [9.17, 15) is 4.39 Å². The van der Waals surface area contributed by atoms with Crippen LogP contribution in [0.25, 0.3) is 0 Å². The van der Waals surface area contributed by atoms with Gasteiger partial charge in [0.15, 0.2) is 0 Å². The lowest BCUT2D eigenvalue weighted by atomic mass is 10.1. The number of rotatable bonds is 8. The first-order valence-corrected chi connectivity index (χ1v) is 7.24. The molecule has 0 atom stereocenters. The molecule has 1 N–H and O–H groups in total. The van der Waals surface area contributed by atoms with Gasteiger partial charge in [0.2, 0.25) is 0 Å². The van der Waals surface area contributed by atoms with E-state index in [4.69, 9.17) is 4.74 Å². The highest BCUT2D eigenvalue weighted by Crippen LogP contribution is 2.19. The Kier molecular flexibility index (Phi) is 5.75. The van der Waals surface area contributed by atoms with Crippen LogP contribution in [0.4, 0.5) is 4.39 Å². The Hall–Kier alpha value is -1.88. The Morgan fingerprint density at radius 1 is 1.38 bits per heavy atom. The van der Waals surface area contributed by atoms with Gasteiger partial charge in [0, 0.05) is 24.5 Å². The van der Waals surface area contributed by atoms with E-state index in [0.29, 0.717) is 25.6 Å². The maximum Gasteiger partial charge on any atom is 0.124 e. The molecule has 0 aliphatic carbocycles. The number of halogens is 1.